The minimum Gasteiger partial charge on any atom is -0.496 e. The fourth-order valence-corrected chi connectivity index (χ4v) is 2.82. The maximum absolute atomic E-state index is 11.6. The van der Waals surface area contributed by atoms with Gasteiger partial charge in [-0.25, -0.2) is 4.98 Å². The summed E-state index contributed by atoms with van der Waals surface area (Å²) in [6, 6.07) is 5.73. The highest BCUT2D eigenvalue weighted by atomic mass is 16.5. The van der Waals surface area contributed by atoms with Gasteiger partial charge in [0, 0.05) is 24.2 Å². The summed E-state index contributed by atoms with van der Waals surface area (Å²) in [5.41, 5.74) is 10.7. The molecule has 0 aliphatic carbocycles. The number of methoxy groups -OCH3 is 1. The number of nitrogens with two attached hydrogens (primary N) is 1. The Labute approximate surface area is 128 Å². The van der Waals surface area contributed by atoms with Crippen LogP contribution < -0.4 is 10.5 Å². The third-order valence-electron chi connectivity index (χ3n) is 3.88. The Bertz CT molecular complexity index is 881. The van der Waals surface area contributed by atoms with Crippen molar-refractivity contribution in [2.75, 3.05) is 7.11 Å². The first-order chi connectivity index (χ1) is 10.5. The number of primary amides is 1. The number of aromatic nitrogens is 2. The van der Waals surface area contributed by atoms with Crippen molar-refractivity contribution in [1.82, 2.24) is 9.38 Å². The van der Waals surface area contributed by atoms with Crippen LogP contribution >= 0.6 is 0 Å². The second kappa shape index (κ2) is 5.18. The van der Waals surface area contributed by atoms with E-state index in [9.17, 15) is 4.79 Å². The van der Waals surface area contributed by atoms with Crippen LogP contribution in [-0.2, 0) is 0 Å². The lowest BCUT2D eigenvalue weighted by Crippen LogP contribution is -2.12. The molecule has 2 heterocycles. The summed E-state index contributed by atoms with van der Waals surface area (Å²) in [6.45, 7) is 4.02. The van der Waals surface area contributed by atoms with Crippen LogP contribution in [0.2, 0.25) is 0 Å². The average Bonchev–Trinajstić information content (AvgIpc) is 2.95. The van der Waals surface area contributed by atoms with E-state index in [1.54, 1.807) is 31.8 Å². The molecule has 2 aromatic heterocycles. The van der Waals surface area contributed by atoms with Gasteiger partial charge in [-0.1, -0.05) is 6.07 Å². The lowest BCUT2D eigenvalue weighted by molar-refractivity contribution is 0.1000. The predicted octanol–water partition coefficient (Wildman–Crippen LogP) is 2.73. The van der Waals surface area contributed by atoms with Crippen LogP contribution in [0.25, 0.3) is 16.8 Å². The highest BCUT2D eigenvalue weighted by Gasteiger charge is 2.16. The zero-order valence-corrected chi connectivity index (χ0v) is 12.8. The molecule has 0 atom stereocenters. The third-order valence-corrected chi connectivity index (χ3v) is 3.88. The van der Waals surface area contributed by atoms with E-state index in [1.807, 2.05) is 30.4 Å². The summed E-state index contributed by atoms with van der Waals surface area (Å²) in [5, 5.41) is 0. The number of hydrogen-bond acceptors (Lipinski definition) is 3. The van der Waals surface area contributed by atoms with E-state index in [1.165, 1.54) is 0 Å². The van der Waals surface area contributed by atoms with E-state index in [2.05, 4.69) is 4.98 Å². The maximum Gasteiger partial charge on any atom is 0.250 e. The summed E-state index contributed by atoms with van der Waals surface area (Å²) < 4.78 is 7.23. The van der Waals surface area contributed by atoms with Gasteiger partial charge in [-0.15, -0.1) is 0 Å². The minimum absolute atomic E-state index is 0.446. The molecular formula is C17H17N3O2. The maximum atomic E-state index is 11.6. The Morgan fingerprint density at radius 2 is 2.09 bits per heavy atom. The first kappa shape index (κ1) is 14.1. The third kappa shape index (κ3) is 2.11. The molecule has 22 heavy (non-hydrogen) atoms. The second-order valence-corrected chi connectivity index (χ2v) is 5.25. The zero-order chi connectivity index (χ0) is 15.9. The number of carbonyl (C=O) groups is 1. The van der Waals surface area contributed by atoms with Gasteiger partial charge in [0.1, 0.15) is 11.4 Å². The highest BCUT2D eigenvalue weighted by molar-refractivity contribution is 5.96. The van der Waals surface area contributed by atoms with E-state index >= 15 is 0 Å². The monoisotopic (exact) mass is 295 g/mol. The van der Waals surface area contributed by atoms with Crippen molar-refractivity contribution in [2.45, 2.75) is 13.8 Å². The number of aryl methyl sites for hydroxylation is 1. The van der Waals surface area contributed by atoms with Gasteiger partial charge in [0.25, 0.3) is 0 Å². The molecule has 0 radical (unpaired) electrons. The number of carbonyl (C=O) groups excluding carboxylic acids is 1. The molecule has 0 unspecified atom stereocenters. The minimum atomic E-state index is -0.463. The summed E-state index contributed by atoms with van der Waals surface area (Å²) in [6.07, 6.45) is 5.20. The van der Waals surface area contributed by atoms with Crippen LogP contribution in [0.5, 0.6) is 5.75 Å². The molecule has 5 nitrogen and oxygen atoms in total. The standard InChI is InChI=1S/C17H17N3O2/c1-10-4-5-14(22-3)11(2)15(10)13-8-12(16(18)21)9-20-7-6-19-17(13)20/h4-9H,1-3H3,(H2,18,21). The Hall–Kier alpha value is -2.82. The molecule has 0 saturated carbocycles. The molecule has 0 fully saturated rings. The van der Waals surface area contributed by atoms with Crippen molar-refractivity contribution in [1.29, 1.82) is 0 Å². The van der Waals surface area contributed by atoms with Crippen molar-refractivity contribution < 1.29 is 9.53 Å². The normalized spacial score (nSPS) is 10.9. The quantitative estimate of drug-likeness (QED) is 0.807. The fourth-order valence-electron chi connectivity index (χ4n) is 2.82. The Kier molecular flexibility index (Phi) is 3.33. The van der Waals surface area contributed by atoms with Crippen LogP contribution in [0.3, 0.4) is 0 Å². The van der Waals surface area contributed by atoms with E-state index in [0.717, 1.165) is 33.7 Å². The highest BCUT2D eigenvalue weighted by Crippen LogP contribution is 2.35. The molecule has 1 amide bonds. The number of ether oxygens (including phenoxy) is 1. The van der Waals surface area contributed by atoms with E-state index < -0.39 is 5.91 Å². The first-order valence-electron chi connectivity index (χ1n) is 6.94. The number of fused-ring (bicyclic) bond motifs is 1. The van der Waals surface area contributed by atoms with E-state index in [0.29, 0.717) is 5.56 Å². The predicted molar refractivity (Wildman–Crippen MR) is 85.2 cm³/mol. The molecule has 0 saturated heterocycles. The lowest BCUT2D eigenvalue weighted by Gasteiger charge is -2.15. The Balaban J connectivity index is 2.39. The zero-order valence-electron chi connectivity index (χ0n) is 12.8. The van der Waals surface area contributed by atoms with E-state index in [4.69, 9.17) is 10.5 Å². The van der Waals surface area contributed by atoms with Crippen LogP contribution in [0, 0.1) is 13.8 Å². The van der Waals surface area contributed by atoms with Gasteiger partial charge >= 0.3 is 0 Å². The van der Waals surface area contributed by atoms with Gasteiger partial charge in [0.15, 0.2) is 0 Å². The molecule has 0 spiro atoms. The number of imidazole rings is 1. The number of rotatable bonds is 3. The molecule has 2 N–H and O–H groups in total. The molecular weight excluding hydrogens is 278 g/mol. The number of hydrogen-bond donors (Lipinski definition) is 1. The van der Waals surface area contributed by atoms with E-state index in [-0.39, 0.29) is 0 Å². The van der Waals surface area contributed by atoms with Crippen molar-refractivity contribution in [3.63, 3.8) is 0 Å². The fraction of sp³-hybridized carbons (Fsp3) is 0.176. The van der Waals surface area contributed by atoms with Crippen LogP contribution in [0.1, 0.15) is 21.5 Å². The molecule has 0 bridgehead atoms. The second-order valence-electron chi connectivity index (χ2n) is 5.25. The van der Waals surface area contributed by atoms with Gasteiger partial charge in [-0.2, -0.15) is 0 Å². The number of amides is 1. The van der Waals surface area contributed by atoms with Crippen LogP contribution in [-0.4, -0.2) is 22.4 Å². The molecule has 0 aliphatic rings. The van der Waals surface area contributed by atoms with Gasteiger partial charge in [-0.05, 0) is 42.7 Å². The summed E-state index contributed by atoms with van der Waals surface area (Å²) in [7, 11) is 1.65. The number of nitrogens with zero attached hydrogens (tertiary/aromatic N) is 2. The summed E-state index contributed by atoms with van der Waals surface area (Å²) in [4.78, 5) is 16.0. The molecule has 1 aromatic carbocycles. The van der Waals surface area contributed by atoms with Crippen LogP contribution in [0.15, 0.2) is 36.8 Å². The van der Waals surface area contributed by atoms with Gasteiger partial charge in [0.05, 0.1) is 12.7 Å². The smallest absolute Gasteiger partial charge is 0.250 e. The van der Waals surface area contributed by atoms with Gasteiger partial charge in [0.2, 0.25) is 5.91 Å². The summed E-state index contributed by atoms with van der Waals surface area (Å²) >= 11 is 0. The first-order valence-corrected chi connectivity index (χ1v) is 6.94. The Morgan fingerprint density at radius 3 is 2.77 bits per heavy atom. The molecule has 5 heteroatoms. The summed E-state index contributed by atoms with van der Waals surface area (Å²) in [5.74, 6) is 0.338. The molecule has 112 valence electrons. The van der Waals surface area contributed by atoms with Crippen molar-refractivity contribution in [3.05, 3.63) is 53.5 Å². The SMILES string of the molecule is COc1ccc(C)c(-c2cc(C(N)=O)cn3ccnc23)c1C. The van der Waals surface area contributed by atoms with Gasteiger partial charge in [-0.3, -0.25) is 4.79 Å². The average molecular weight is 295 g/mol. The number of pyridine rings is 1. The van der Waals surface area contributed by atoms with Crippen molar-refractivity contribution in [2.24, 2.45) is 5.73 Å². The van der Waals surface area contributed by atoms with Crippen LogP contribution in [0.4, 0.5) is 0 Å². The molecule has 3 rings (SSSR count). The Morgan fingerprint density at radius 1 is 1.32 bits per heavy atom. The largest absolute Gasteiger partial charge is 0.496 e. The molecule has 0 aliphatic heterocycles. The number of benzene rings is 1. The van der Waals surface area contributed by atoms with Gasteiger partial charge < -0.3 is 14.9 Å². The molecule has 3 aromatic rings. The van der Waals surface area contributed by atoms with Crippen molar-refractivity contribution >= 4 is 11.6 Å². The lowest BCUT2D eigenvalue weighted by atomic mass is 9.94. The topological polar surface area (TPSA) is 69.6 Å². The van der Waals surface area contributed by atoms with Crippen molar-refractivity contribution in [3.8, 4) is 16.9 Å².